The van der Waals surface area contributed by atoms with E-state index in [0.717, 1.165) is 28.5 Å². The number of nitrogens with zero attached hydrogens (tertiary/aromatic N) is 1. The molecule has 2 aliphatic rings. The second-order valence-corrected chi connectivity index (χ2v) is 4.57. The van der Waals surface area contributed by atoms with Crippen LogP contribution in [-0.2, 0) is 0 Å². The van der Waals surface area contributed by atoms with Crippen LogP contribution in [0.15, 0.2) is 40.5 Å². The third-order valence-corrected chi connectivity index (χ3v) is 3.58. The SMILES string of the molecule is NC1=Nc2ccccc2NC2=C1CSC2. The van der Waals surface area contributed by atoms with Crippen LogP contribution >= 0.6 is 11.8 Å². The Kier molecular flexibility index (Phi) is 1.95. The number of anilines is 1. The summed E-state index contributed by atoms with van der Waals surface area (Å²) in [7, 11) is 0. The summed E-state index contributed by atoms with van der Waals surface area (Å²) in [5.41, 5.74) is 10.3. The Balaban J connectivity index is 2.15. The smallest absolute Gasteiger partial charge is 0.129 e. The Morgan fingerprint density at radius 3 is 3.07 bits per heavy atom. The van der Waals surface area contributed by atoms with Crippen molar-refractivity contribution in [3.05, 3.63) is 35.5 Å². The van der Waals surface area contributed by atoms with Crippen LogP contribution < -0.4 is 11.1 Å². The minimum atomic E-state index is 0.660. The van der Waals surface area contributed by atoms with Crippen molar-refractivity contribution >= 4 is 29.0 Å². The lowest BCUT2D eigenvalue weighted by atomic mass is 10.2. The summed E-state index contributed by atoms with van der Waals surface area (Å²) < 4.78 is 0. The molecule has 15 heavy (non-hydrogen) atoms. The Hall–Kier alpha value is -1.42. The first kappa shape index (κ1) is 8.85. The number of amidine groups is 1. The van der Waals surface area contributed by atoms with Crippen LogP contribution in [-0.4, -0.2) is 17.3 Å². The number of benzene rings is 1. The largest absolute Gasteiger partial charge is 0.383 e. The van der Waals surface area contributed by atoms with E-state index in [4.69, 9.17) is 5.73 Å². The van der Waals surface area contributed by atoms with Crippen molar-refractivity contribution in [1.82, 2.24) is 0 Å². The molecule has 2 aliphatic heterocycles. The first-order chi connectivity index (χ1) is 7.34. The number of aliphatic imine (C=N–C) groups is 1. The zero-order chi connectivity index (χ0) is 10.3. The summed E-state index contributed by atoms with van der Waals surface area (Å²) in [5, 5.41) is 3.42. The highest BCUT2D eigenvalue weighted by Gasteiger charge is 2.21. The van der Waals surface area contributed by atoms with Gasteiger partial charge in [0.25, 0.3) is 0 Å². The van der Waals surface area contributed by atoms with Gasteiger partial charge >= 0.3 is 0 Å². The van der Waals surface area contributed by atoms with E-state index in [2.05, 4.69) is 10.3 Å². The quantitative estimate of drug-likeness (QED) is 0.699. The van der Waals surface area contributed by atoms with Crippen molar-refractivity contribution in [3.63, 3.8) is 0 Å². The van der Waals surface area contributed by atoms with Crippen LogP contribution in [0.5, 0.6) is 0 Å². The van der Waals surface area contributed by atoms with Gasteiger partial charge in [0.1, 0.15) is 5.84 Å². The lowest BCUT2D eigenvalue weighted by Gasteiger charge is -2.07. The van der Waals surface area contributed by atoms with Crippen molar-refractivity contribution in [2.24, 2.45) is 10.7 Å². The molecule has 76 valence electrons. The van der Waals surface area contributed by atoms with Crippen LogP contribution in [0.2, 0.25) is 0 Å². The molecule has 0 amide bonds. The minimum Gasteiger partial charge on any atom is -0.383 e. The van der Waals surface area contributed by atoms with Crippen LogP contribution in [0.4, 0.5) is 11.4 Å². The summed E-state index contributed by atoms with van der Waals surface area (Å²) in [6, 6.07) is 7.99. The van der Waals surface area contributed by atoms with Crippen molar-refractivity contribution in [2.75, 3.05) is 16.8 Å². The van der Waals surface area contributed by atoms with Gasteiger partial charge in [0, 0.05) is 22.8 Å². The molecule has 0 aromatic heterocycles. The molecular formula is C11H11N3S. The second kappa shape index (κ2) is 3.31. The number of para-hydroxylation sites is 2. The molecule has 3 N–H and O–H groups in total. The molecule has 1 aromatic rings. The molecule has 0 fully saturated rings. The number of hydrogen-bond acceptors (Lipinski definition) is 4. The van der Waals surface area contributed by atoms with E-state index in [1.807, 2.05) is 36.0 Å². The highest BCUT2D eigenvalue weighted by molar-refractivity contribution is 8.00. The zero-order valence-electron chi connectivity index (χ0n) is 8.16. The summed E-state index contributed by atoms with van der Waals surface area (Å²) in [6.45, 7) is 0. The van der Waals surface area contributed by atoms with E-state index >= 15 is 0 Å². The molecule has 1 aromatic carbocycles. The number of nitrogens with one attached hydrogen (secondary N) is 1. The van der Waals surface area contributed by atoms with E-state index in [1.54, 1.807) is 0 Å². The van der Waals surface area contributed by atoms with Gasteiger partial charge in [-0.15, -0.1) is 0 Å². The average Bonchev–Trinajstić information content (AvgIpc) is 2.64. The van der Waals surface area contributed by atoms with E-state index < -0.39 is 0 Å². The lowest BCUT2D eigenvalue weighted by Crippen LogP contribution is -2.16. The van der Waals surface area contributed by atoms with E-state index in [1.165, 1.54) is 5.70 Å². The normalized spacial score (nSPS) is 18.8. The maximum atomic E-state index is 5.97. The van der Waals surface area contributed by atoms with Crippen molar-refractivity contribution in [3.8, 4) is 0 Å². The molecule has 0 saturated carbocycles. The fourth-order valence-electron chi connectivity index (χ4n) is 1.81. The summed E-state index contributed by atoms with van der Waals surface area (Å²) in [5.74, 6) is 2.62. The first-order valence-electron chi connectivity index (χ1n) is 4.85. The van der Waals surface area contributed by atoms with Gasteiger partial charge in [-0.2, -0.15) is 11.8 Å². The molecular weight excluding hydrogens is 206 g/mol. The van der Waals surface area contributed by atoms with Gasteiger partial charge in [-0.25, -0.2) is 4.99 Å². The fourth-order valence-corrected chi connectivity index (χ4v) is 2.88. The monoisotopic (exact) mass is 217 g/mol. The molecule has 0 bridgehead atoms. The molecule has 0 atom stereocenters. The maximum absolute atomic E-state index is 5.97. The van der Waals surface area contributed by atoms with Gasteiger partial charge in [0.15, 0.2) is 0 Å². The van der Waals surface area contributed by atoms with E-state index in [-0.39, 0.29) is 0 Å². The molecule has 0 spiro atoms. The standard InChI is InChI=1S/C11H11N3S/c12-11-7-5-15-6-10(7)13-8-3-1-2-4-9(8)14-11/h1-4,13H,5-6H2,(H2,12,14). The van der Waals surface area contributed by atoms with Crippen molar-refractivity contribution in [1.29, 1.82) is 0 Å². The van der Waals surface area contributed by atoms with Gasteiger partial charge in [0.05, 0.1) is 11.4 Å². The molecule has 3 nitrogen and oxygen atoms in total. The average molecular weight is 217 g/mol. The Morgan fingerprint density at radius 1 is 1.27 bits per heavy atom. The fraction of sp³-hybridized carbons (Fsp3) is 0.182. The first-order valence-corrected chi connectivity index (χ1v) is 6.00. The van der Waals surface area contributed by atoms with Gasteiger partial charge in [-0.3, -0.25) is 0 Å². The third kappa shape index (κ3) is 1.41. The Labute approximate surface area is 92.5 Å². The molecule has 4 heteroatoms. The molecule has 2 heterocycles. The highest BCUT2D eigenvalue weighted by atomic mass is 32.2. The zero-order valence-corrected chi connectivity index (χ0v) is 8.97. The molecule has 0 aliphatic carbocycles. The van der Waals surface area contributed by atoms with Crippen LogP contribution in [0, 0.1) is 0 Å². The van der Waals surface area contributed by atoms with E-state index in [9.17, 15) is 0 Å². The third-order valence-electron chi connectivity index (χ3n) is 2.60. The lowest BCUT2D eigenvalue weighted by molar-refractivity contribution is 1.38. The number of nitrogens with two attached hydrogens (primary N) is 1. The van der Waals surface area contributed by atoms with Crippen LogP contribution in [0.25, 0.3) is 0 Å². The van der Waals surface area contributed by atoms with Gasteiger partial charge < -0.3 is 11.1 Å². The highest BCUT2D eigenvalue weighted by Crippen LogP contribution is 2.34. The number of thioether (sulfide) groups is 1. The van der Waals surface area contributed by atoms with Gasteiger partial charge in [-0.1, -0.05) is 12.1 Å². The topological polar surface area (TPSA) is 50.4 Å². The Morgan fingerprint density at radius 2 is 2.13 bits per heavy atom. The second-order valence-electron chi connectivity index (χ2n) is 3.59. The van der Waals surface area contributed by atoms with Crippen LogP contribution in [0.1, 0.15) is 0 Å². The predicted molar refractivity (Wildman–Crippen MR) is 65.7 cm³/mol. The number of rotatable bonds is 0. The van der Waals surface area contributed by atoms with E-state index in [0.29, 0.717) is 5.84 Å². The van der Waals surface area contributed by atoms with Crippen molar-refractivity contribution < 1.29 is 0 Å². The van der Waals surface area contributed by atoms with Crippen LogP contribution in [0.3, 0.4) is 0 Å². The van der Waals surface area contributed by atoms with Crippen molar-refractivity contribution in [2.45, 2.75) is 0 Å². The maximum Gasteiger partial charge on any atom is 0.129 e. The summed E-state index contributed by atoms with van der Waals surface area (Å²) >= 11 is 1.87. The van der Waals surface area contributed by atoms with Gasteiger partial charge in [0.2, 0.25) is 0 Å². The summed E-state index contributed by atoms with van der Waals surface area (Å²) in [4.78, 5) is 4.44. The molecule has 0 saturated heterocycles. The molecule has 3 rings (SSSR count). The van der Waals surface area contributed by atoms with Gasteiger partial charge in [-0.05, 0) is 12.1 Å². The predicted octanol–water partition coefficient (Wildman–Crippen LogP) is 2.10. The number of hydrogen-bond donors (Lipinski definition) is 2. The molecule has 0 unspecified atom stereocenters. The Bertz CT molecular complexity index is 476. The number of fused-ring (bicyclic) bond motifs is 1. The summed E-state index contributed by atoms with van der Waals surface area (Å²) in [6.07, 6.45) is 0. The minimum absolute atomic E-state index is 0.660. The molecule has 0 radical (unpaired) electrons.